The molecule has 2 atom stereocenters. The van der Waals surface area contributed by atoms with Crippen molar-refractivity contribution in [2.75, 3.05) is 0 Å². The number of unbranched alkanes of at least 4 members (excludes halogenated alkanes) is 2. The van der Waals surface area contributed by atoms with Crippen LogP contribution in [0.15, 0.2) is 0 Å². The summed E-state index contributed by atoms with van der Waals surface area (Å²) in [5, 5.41) is 0. The summed E-state index contributed by atoms with van der Waals surface area (Å²) in [5.74, 6) is 0.368. The van der Waals surface area contributed by atoms with Crippen LogP contribution in [0.3, 0.4) is 0 Å². The summed E-state index contributed by atoms with van der Waals surface area (Å²) >= 11 is 0. The summed E-state index contributed by atoms with van der Waals surface area (Å²) in [6.07, 6.45) is 6.80. The quantitative estimate of drug-likeness (QED) is 0.706. The van der Waals surface area contributed by atoms with Gasteiger partial charge in [-0.25, -0.2) is 0 Å². The molecule has 0 spiro atoms. The molecule has 0 aromatic rings. The van der Waals surface area contributed by atoms with Gasteiger partial charge >= 0.3 is 0 Å². The summed E-state index contributed by atoms with van der Waals surface area (Å²) in [7, 11) is 0. The van der Waals surface area contributed by atoms with Crippen molar-refractivity contribution < 1.29 is 14.3 Å². The van der Waals surface area contributed by atoms with E-state index in [1.54, 1.807) is 0 Å². The summed E-state index contributed by atoms with van der Waals surface area (Å²) in [6, 6.07) is 0. The minimum atomic E-state index is -0.362. The second-order valence-corrected chi connectivity index (χ2v) is 5.16. The lowest BCUT2D eigenvalue weighted by Gasteiger charge is -2.21. The molecule has 1 fully saturated rings. The summed E-state index contributed by atoms with van der Waals surface area (Å²) < 4.78 is 5.79. The first-order valence-electron chi connectivity index (χ1n) is 7.39. The molecule has 18 heavy (non-hydrogen) atoms. The Kier molecular flexibility index (Phi) is 7.18. The fraction of sp³-hybridized carbons (Fsp3) is 0.867. The molecule has 0 N–H and O–H groups in total. The standard InChI is InChI=1S/C15H26O3/c1-3-5-6-11-15-13(17)10-8-7-9-12(16)14(4-2)18-15/h14-15H,3-11H2,1-2H3/t14-,15-/m0/s1. The van der Waals surface area contributed by atoms with E-state index in [2.05, 4.69) is 6.92 Å². The molecule has 0 radical (unpaired) electrons. The summed E-state index contributed by atoms with van der Waals surface area (Å²) in [6.45, 7) is 4.10. The minimum Gasteiger partial charge on any atom is -0.359 e. The van der Waals surface area contributed by atoms with Gasteiger partial charge in [0.05, 0.1) is 0 Å². The zero-order valence-electron chi connectivity index (χ0n) is 11.7. The van der Waals surface area contributed by atoms with Crippen LogP contribution in [0, 0.1) is 0 Å². The first-order valence-corrected chi connectivity index (χ1v) is 7.39. The van der Waals surface area contributed by atoms with Gasteiger partial charge in [0.1, 0.15) is 12.2 Å². The van der Waals surface area contributed by atoms with Gasteiger partial charge in [0, 0.05) is 12.8 Å². The monoisotopic (exact) mass is 254 g/mol. The molecule has 3 heteroatoms. The van der Waals surface area contributed by atoms with E-state index < -0.39 is 0 Å². The fourth-order valence-electron chi connectivity index (χ4n) is 2.40. The van der Waals surface area contributed by atoms with Crippen LogP contribution in [0.5, 0.6) is 0 Å². The number of ketones is 2. The van der Waals surface area contributed by atoms with Crippen LogP contribution in [0.1, 0.15) is 71.6 Å². The molecule has 104 valence electrons. The molecule has 0 bridgehead atoms. The van der Waals surface area contributed by atoms with Gasteiger partial charge in [-0.3, -0.25) is 9.59 Å². The van der Waals surface area contributed by atoms with Crippen molar-refractivity contribution in [3.63, 3.8) is 0 Å². The number of carbonyl (C=O) groups is 2. The highest BCUT2D eigenvalue weighted by Crippen LogP contribution is 2.19. The van der Waals surface area contributed by atoms with Gasteiger partial charge in [-0.15, -0.1) is 0 Å². The Morgan fingerprint density at radius 3 is 2.17 bits per heavy atom. The molecule has 1 rings (SSSR count). The van der Waals surface area contributed by atoms with Crippen LogP contribution in [-0.4, -0.2) is 23.8 Å². The largest absolute Gasteiger partial charge is 0.359 e. The van der Waals surface area contributed by atoms with Crippen molar-refractivity contribution in [2.24, 2.45) is 0 Å². The van der Waals surface area contributed by atoms with Crippen LogP contribution in [0.4, 0.5) is 0 Å². The predicted molar refractivity (Wildman–Crippen MR) is 71.6 cm³/mol. The molecule has 3 nitrogen and oxygen atoms in total. The number of hydrogen-bond acceptors (Lipinski definition) is 3. The third kappa shape index (κ3) is 4.89. The van der Waals surface area contributed by atoms with Gasteiger partial charge < -0.3 is 4.74 Å². The van der Waals surface area contributed by atoms with Crippen LogP contribution in [-0.2, 0) is 14.3 Å². The van der Waals surface area contributed by atoms with E-state index in [0.717, 1.165) is 38.5 Å². The van der Waals surface area contributed by atoms with Gasteiger partial charge in [0.25, 0.3) is 0 Å². The fourth-order valence-corrected chi connectivity index (χ4v) is 2.40. The Hall–Kier alpha value is -0.700. The predicted octanol–water partition coefficient (Wildman–Crippen LogP) is 3.44. The van der Waals surface area contributed by atoms with Gasteiger partial charge in [-0.1, -0.05) is 33.1 Å². The normalized spacial score (nSPS) is 26.6. The van der Waals surface area contributed by atoms with E-state index in [0.29, 0.717) is 19.3 Å². The van der Waals surface area contributed by atoms with Crippen molar-refractivity contribution in [3.8, 4) is 0 Å². The van der Waals surface area contributed by atoms with Gasteiger partial charge in [-0.2, -0.15) is 0 Å². The molecule has 0 saturated carbocycles. The zero-order chi connectivity index (χ0) is 13.4. The van der Waals surface area contributed by atoms with Crippen molar-refractivity contribution in [1.82, 2.24) is 0 Å². The van der Waals surface area contributed by atoms with E-state index >= 15 is 0 Å². The maximum atomic E-state index is 12.0. The first kappa shape index (κ1) is 15.4. The van der Waals surface area contributed by atoms with E-state index in [9.17, 15) is 9.59 Å². The molecule has 0 aliphatic carbocycles. The van der Waals surface area contributed by atoms with Crippen LogP contribution < -0.4 is 0 Å². The number of carbonyl (C=O) groups excluding carboxylic acids is 2. The lowest BCUT2D eigenvalue weighted by Crippen LogP contribution is -2.32. The Bertz CT molecular complexity index is 273. The van der Waals surface area contributed by atoms with E-state index in [1.165, 1.54) is 0 Å². The first-order chi connectivity index (χ1) is 8.69. The lowest BCUT2D eigenvalue weighted by atomic mass is 10.0. The second-order valence-electron chi connectivity index (χ2n) is 5.16. The summed E-state index contributed by atoms with van der Waals surface area (Å²) in [4.78, 5) is 23.9. The molecular weight excluding hydrogens is 228 g/mol. The van der Waals surface area contributed by atoms with Crippen LogP contribution in [0.2, 0.25) is 0 Å². The third-order valence-electron chi connectivity index (χ3n) is 3.58. The number of Topliss-reactive ketones (excluding diaryl/α,β-unsaturated/α-hetero) is 2. The average Bonchev–Trinajstić information content (AvgIpc) is 2.43. The highest BCUT2D eigenvalue weighted by molar-refractivity contribution is 5.86. The minimum absolute atomic E-state index is 0.174. The number of ether oxygens (including phenoxy) is 1. The van der Waals surface area contributed by atoms with Crippen LogP contribution >= 0.6 is 0 Å². The van der Waals surface area contributed by atoms with Gasteiger partial charge in [-0.05, 0) is 25.7 Å². The van der Waals surface area contributed by atoms with E-state index in [4.69, 9.17) is 4.74 Å². The second kappa shape index (κ2) is 8.41. The molecule has 0 amide bonds. The average molecular weight is 254 g/mol. The Balaban J connectivity index is 2.62. The molecule has 1 saturated heterocycles. The van der Waals surface area contributed by atoms with Crippen molar-refractivity contribution in [1.29, 1.82) is 0 Å². The smallest absolute Gasteiger partial charge is 0.161 e. The molecule has 0 aromatic heterocycles. The maximum absolute atomic E-state index is 12.0. The molecule has 0 unspecified atom stereocenters. The van der Waals surface area contributed by atoms with Crippen molar-refractivity contribution in [2.45, 2.75) is 83.8 Å². The summed E-state index contributed by atoms with van der Waals surface area (Å²) in [5.41, 5.74) is 0. The number of rotatable bonds is 5. The highest BCUT2D eigenvalue weighted by atomic mass is 16.5. The Labute approximate surface area is 110 Å². The molecular formula is C15H26O3. The van der Waals surface area contributed by atoms with Crippen molar-refractivity contribution in [3.05, 3.63) is 0 Å². The van der Waals surface area contributed by atoms with Crippen LogP contribution in [0.25, 0.3) is 0 Å². The molecule has 1 aliphatic heterocycles. The highest BCUT2D eigenvalue weighted by Gasteiger charge is 2.27. The molecule has 1 heterocycles. The third-order valence-corrected chi connectivity index (χ3v) is 3.58. The lowest BCUT2D eigenvalue weighted by molar-refractivity contribution is -0.143. The topological polar surface area (TPSA) is 43.4 Å². The van der Waals surface area contributed by atoms with E-state index in [-0.39, 0.29) is 23.8 Å². The van der Waals surface area contributed by atoms with Gasteiger partial charge in [0.2, 0.25) is 0 Å². The van der Waals surface area contributed by atoms with Gasteiger partial charge in [0.15, 0.2) is 11.6 Å². The molecule has 0 aromatic carbocycles. The Morgan fingerprint density at radius 1 is 1.00 bits per heavy atom. The maximum Gasteiger partial charge on any atom is 0.161 e. The molecule has 1 aliphatic rings. The van der Waals surface area contributed by atoms with Crippen molar-refractivity contribution >= 4 is 11.6 Å². The zero-order valence-corrected chi connectivity index (χ0v) is 11.7. The Morgan fingerprint density at radius 2 is 1.61 bits per heavy atom. The SMILES string of the molecule is CCCCC[C@@H]1O[C@@H](CC)C(=O)CCCCC1=O. The number of hydrogen-bond donors (Lipinski definition) is 0. The van der Waals surface area contributed by atoms with E-state index in [1.807, 2.05) is 6.92 Å².